The van der Waals surface area contributed by atoms with Gasteiger partial charge < -0.3 is 14.7 Å². The lowest BCUT2D eigenvalue weighted by molar-refractivity contribution is 0.0662. The molecular formula is C46H35N5O. The van der Waals surface area contributed by atoms with Gasteiger partial charge in [0.25, 0.3) is 0 Å². The highest BCUT2D eigenvalue weighted by molar-refractivity contribution is 6.00. The SMILES string of the molecule is CCOC1N=Cc2nc1c(-c1ccccc1)c1ccc([nH]1)c(-c1ccccc1)c1nc(c(-c3ccccc3)c3ccc([nH]3)c2-c2ccccc2)C=C1. The Hall–Kier alpha value is -6.63. The maximum atomic E-state index is 6.30. The van der Waals surface area contributed by atoms with E-state index in [-0.39, 0.29) is 0 Å². The number of hydrogen-bond acceptors (Lipinski definition) is 4. The van der Waals surface area contributed by atoms with Crippen LogP contribution in [0.25, 0.3) is 78.7 Å². The molecule has 0 radical (unpaired) electrons. The minimum absolute atomic E-state index is 0.485. The average Bonchev–Trinajstić information content (AvgIpc) is 3.98. The second-order valence-corrected chi connectivity index (χ2v) is 12.7. The van der Waals surface area contributed by atoms with Gasteiger partial charge in [-0.15, -0.1) is 0 Å². The van der Waals surface area contributed by atoms with Crippen molar-refractivity contribution in [2.75, 3.05) is 6.61 Å². The molecule has 0 saturated heterocycles. The van der Waals surface area contributed by atoms with E-state index in [1.54, 1.807) is 0 Å². The van der Waals surface area contributed by atoms with Gasteiger partial charge in [-0.3, -0.25) is 4.99 Å². The molecule has 7 aromatic rings. The smallest absolute Gasteiger partial charge is 0.191 e. The van der Waals surface area contributed by atoms with E-state index in [4.69, 9.17) is 19.7 Å². The Labute approximate surface area is 301 Å². The molecule has 0 aliphatic carbocycles. The fourth-order valence-corrected chi connectivity index (χ4v) is 7.20. The standard InChI is InChI=1S/C46H35N5O/c1-2-52-46-45-44(33-21-13-6-14-22-33)39-28-27-37(50-39)42(31-17-9-4-10-18-31)35-24-23-34(48-35)41(30-15-7-3-8-16-30)36-25-26-38(49-36)43(40(51-45)29-47-46)32-19-11-5-12-20-32/h3-29,46,49-50H,2H2,1H3. The van der Waals surface area contributed by atoms with Crippen LogP contribution in [-0.2, 0) is 4.74 Å². The van der Waals surface area contributed by atoms with Gasteiger partial charge in [-0.1, -0.05) is 121 Å². The largest absolute Gasteiger partial charge is 0.354 e. The molecule has 2 aliphatic heterocycles. The second-order valence-electron chi connectivity index (χ2n) is 12.7. The van der Waals surface area contributed by atoms with Gasteiger partial charge in [-0.25, -0.2) is 9.97 Å². The molecule has 52 heavy (non-hydrogen) atoms. The number of hydrogen-bond donors (Lipinski definition) is 2. The Morgan fingerprint density at radius 3 is 1.27 bits per heavy atom. The molecule has 2 N–H and O–H groups in total. The van der Waals surface area contributed by atoms with Gasteiger partial charge in [0.15, 0.2) is 6.23 Å². The molecule has 9 rings (SSSR count). The Balaban J connectivity index is 1.51. The molecule has 0 saturated carbocycles. The topological polar surface area (TPSA) is 79.0 Å². The van der Waals surface area contributed by atoms with Gasteiger partial charge in [0, 0.05) is 50.9 Å². The highest BCUT2D eigenvalue weighted by Gasteiger charge is 2.24. The van der Waals surface area contributed by atoms with E-state index in [0.717, 1.165) is 89.4 Å². The molecular weight excluding hydrogens is 639 g/mol. The normalized spacial score (nSPS) is 13.7. The summed E-state index contributed by atoms with van der Waals surface area (Å²) in [6.07, 6.45) is 5.50. The van der Waals surface area contributed by atoms with Crippen molar-refractivity contribution in [1.29, 1.82) is 0 Å². The highest BCUT2D eigenvalue weighted by Crippen LogP contribution is 2.38. The van der Waals surface area contributed by atoms with Crippen LogP contribution in [0.2, 0.25) is 0 Å². The first-order valence-electron chi connectivity index (χ1n) is 17.6. The third-order valence-electron chi connectivity index (χ3n) is 9.50. The summed E-state index contributed by atoms with van der Waals surface area (Å²) in [6.45, 7) is 2.48. The molecule has 2 aliphatic rings. The van der Waals surface area contributed by atoms with Crippen LogP contribution in [0.15, 0.2) is 151 Å². The third-order valence-corrected chi connectivity index (χ3v) is 9.50. The summed E-state index contributed by atoms with van der Waals surface area (Å²) < 4.78 is 6.30. The minimum Gasteiger partial charge on any atom is -0.354 e. The molecule has 8 bridgehead atoms. The van der Waals surface area contributed by atoms with Crippen molar-refractivity contribution in [1.82, 2.24) is 19.9 Å². The average molecular weight is 674 g/mol. The molecule has 1 unspecified atom stereocenters. The van der Waals surface area contributed by atoms with E-state index >= 15 is 0 Å². The Morgan fingerprint density at radius 2 is 0.846 bits per heavy atom. The zero-order valence-corrected chi connectivity index (χ0v) is 28.6. The van der Waals surface area contributed by atoms with Gasteiger partial charge in [-0.05, 0) is 65.6 Å². The van der Waals surface area contributed by atoms with Crippen LogP contribution in [-0.4, -0.2) is 32.8 Å². The Bertz CT molecular complexity index is 2620. The summed E-state index contributed by atoms with van der Waals surface area (Å²) in [5, 5.41) is 0. The monoisotopic (exact) mass is 673 g/mol. The molecule has 4 aromatic carbocycles. The number of fused-ring (bicyclic) bond motifs is 8. The molecule has 0 spiro atoms. The van der Waals surface area contributed by atoms with Crippen LogP contribution in [0.1, 0.15) is 35.9 Å². The first kappa shape index (κ1) is 31.4. The predicted molar refractivity (Wildman–Crippen MR) is 214 cm³/mol. The van der Waals surface area contributed by atoms with Crippen LogP contribution >= 0.6 is 0 Å². The number of nitrogens with zero attached hydrogens (tertiary/aromatic N) is 3. The fraction of sp³-hybridized carbons (Fsp3) is 0.0652. The number of aliphatic imine (C=N–C) groups is 1. The van der Waals surface area contributed by atoms with E-state index in [0.29, 0.717) is 6.61 Å². The molecule has 0 amide bonds. The zero-order valence-electron chi connectivity index (χ0n) is 28.6. The Morgan fingerprint density at radius 1 is 0.462 bits per heavy atom. The first-order chi connectivity index (χ1) is 25.7. The number of ether oxygens (including phenoxy) is 1. The third kappa shape index (κ3) is 5.75. The molecule has 5 heterocycles. The lowest BCUT2D eigenvalue weighted by atomic mass is 10.0. The van der Waals surface area contributed by atoms with Crippen molar-refractivity contribution < 1.29 is 4.74 Å². The summed E-state index contributed by atoms with van der Waals surface area (Å²) in [7, 11) is 0. The molecule has 250 valence electrons. The lowest BCUT2D eigenvalue weighted by Crippen LogP contribution is -2.12. The van der Waals surface area contributed by atoms with Gasteiger partial charge in [0.2, 0.25) is 0 Å². The van der Waals surface area contributed by atoms with Crippen LogP contribution in [0.5, 0.6) is 0 Å². The predicted octanol–water partition coefficient (Wildman–Crippen LogP) is 11.3. The molecule has 6 heteroatoms. The summed E-state index contributed by atoms with van der Waals surface area (Å²) in [5.41, 5.74) is 15.0. The van der Waals surface area contributed by atoms with Crippen LogP contribution in [0.4, 0.5) is 0 Å². The van der Waals surface area contributed by atoms with Crippen LogP contribution in [0, 0.1) is 0 Å². The van der Waals surface area contributed by atoms with Crippen molar-refractivity contribution in [3.8, 4) is 44.5 Å². The summed E-state index contributed by atoms with van der Waals surface area (Å²) in [6, 6.07) is 50.2. The van der Waals surface area contributed by atoms with Crippen molar-refractivity contribution in [3.63, 3.8) is 0 Å². The van der Waals surface area contributed by atoms with Gasteiger partial charge in [0.1, 0.15) is 5.69 Å². The van der Waals surface area contributed by atoms with Gasteiger partial charge in [0.05, 0.1) is 23.3 Å². The Kier molecular flexibility index (Phi) is 8.19. The molecule has 1 atom stereocenters. The number of rotatable bonds is 6. The summed E-state index contributed by atoms with van der Waals surface area (Å²) in [5.74, 6) is 0. The van der Waals surface area contributed by atoms with E-state index < -0.39 is 6.23 Å². The van der Waals surface area contributed by atoms with Crippen LogP contribution in [0.3, 0.4) is 0 Å². The van der Waals surface area contributed by atoms with Crippen molar-refractivity contribution in [2.24, 2.45) is 4.99 Å². The number of benzene rings is 4. The first-order valence-corrected chi connectivity index (χ1v) is 17.6. The summed E-state index contributed by atoms with van der Waals surface area (Å²) in [4.78, 5) is 23.5. The number of aromatic amines is 2. The maximum Gasteiger partial charge on any atom is 0.191 e. The van der Waals surface area contributed by atoms with E-state index in [2.05, 4.69) is 143 Å². The highest BCUT2D eigenvalue weighted by atomic mass is 16.5. The minimum atomic E-state index is -0.597. The van der Waals surface area contributed by atoms with Crippen molar-refractivity contribution in [3.05, 3.63) is 168 Å². The van der Waals surface area contributed by atoms with Crippen molar-refractivity contribution >= 4 is 40.4 Å². The quantitative estimate of drug-likeness (QED) is 0.184. The lowest BCUT2D eigenvalue weighted by Gasteiger charge is -2.19. The maximum absolute atomic E-state index is 6.30. The number of aromatic nitrogens is 4. The van der Waals surface area contributed by atoms with E-state index in [1.165, 1.54) is 0 Å². The van der Waals surface area contributed by atoms with Gasteiger partial charge >= 0.3 is 0 Å². The van der Waals surface area contributed by atoms with Crippen molar-refractivity contribution in [2.45, 2.75) is 13.2 Å². The van der Waals surface area contributed by atoms with E-state index in [1.807, 2.05) is 37.4 Å². The van der Waals surface area contributed by atoms with Crippen LogP contribution < -0.4 is 0 Å². The zero-order chi connectivity index (χ0) is 34.9. The molecule has 6 nitrogen and oxygen atoms in total. The molecule has 3 aromatic heterocycles. The second kappa shape index (κ2) is 13.6. The summed E-state index contributed by atoms with van der Waals surface area (Å²) >= 11 is 0. The van der Waals surface area contributed by atoms with Gasteiger partial charge in [-0.2, -0.15) is 0 Å². The fourth-order valence-electron chi connectivity index (χ4n) is 7.20. The number of nitrogens with one attached hydrogen (secondary N) is 2. The van der Waals surface area contributed by atoms with E-state index in [9.17, 15) is 0 Å². The molecule has 0 fully saturated rings. The number of H-pyrrole nitrogens is 2.